The average molecular weight is 180 g/mol. The summed E-state index contributed by atoms with van der Waals surface area (Å²) < 4.78 is 0. The molecule has 0 saturated heterocycles. The lowest BCUT2D eigenvalue weighted by atomic mass is 10.2. The van der Waals surface area contributed by atoms with Crippen LogP contribution in [0, 0.1) is 11.8 Å². The number of hydrogen-bond acceptors (Lipinski definition) is 1. The number of rotatable bonds is 0. The highest BCUT2D eigenvalue weighted by Gasteiger charge is 1.92. The van der Waals surface area contributed by atoms with Gasteiger partial charge in [-0.1, -0.05) is 29.7 Å². The number of nitrogens with two attached hydrogens (primary N) is 1. The van der Waals surface area contributed by atoms with Crippen LogP contribution in [0.15, 0.2) is 24.3 Å². The van der Waals surface area contributed by atoms with Crippen LogP contribution in [0.5, 0.6) is 0 Å². The molecular formula is C9H6ClNO. The van der Waals surface area contributed by atoms with E-state index in [0.717, 1.165) is 0 Å². The van der Waals surface area contributed by atoms with Gasteiger partial charge in [-0.15, -0.1) is 0 Å². The van der Waals surface area contributed by atoms with Gasteiger partial charge in [0.25, 0.3) is 5.91 Å². The molecule has 0 spiro atoms. The Labute approximate surface area is 75.3 Å². The van der Waals surface area contributed by atoms with Crippen molar-refractivity contribution in [2.45, 2.75) is 0 Å². The summed E-state index contributed by atoms with van der Waals surface area (Å²) in [7, 11) is 0. The molecule has 2 N–H and O–H groups in total. The summed E-state index contributed by atoms with van der Waals surface area (Å²) in [6, 6.07) is 7.00. The van der Waals surface area contributed by atoms with E-state index in [0.29, 0.717) is 10.6 Å². The number of amides is 1. The summed E-state index contributed by atoms with van der Waals surface area (Å²) in [4.78, 5) is 10.3. The van der Waals surface area contributed by atoms with Gasteiger partial charge in [0, 0.05) is 11.5 Å². The molecule has 0 heterocycles. The zero-order valence-corrected chi connectivity index (χ0v) is 6.93. The number of hydrogen-bond donors (Lipinski definition) is 1. The third-order valence-electron chi connectivity index (χ3n) is 1.19. The Hall–Kier alpha value is -1.46. The molecule has 3 heteroatoms. The van der Waals surface area contributed by atoms with E-state index >= 15 is 0 Å². The highest BCUT2D eigenvalue weighted by molar-refractivity contribution is 6.31. The molecule has 0 atom stereocenters. The molecule has 1 aromatic rings. The van der Waals surface area contributed by atoms with Crippen LogP contribution in [-0.4, -0.2) is 5.91 Å². The highest BCUT2D eigenvalue weighted by Crippen LogP contribution is 2.12. The molecule has 60 valence electrons. The Kier molecular flexibility index (Phi) is 2.73. The molecule has 1 rings (SSSR count). The van der Waals surface area contributed by atoms with E-state index in [1.807, 2.05) is 0 Å². The molecule has 0 bridgehead atoms. The molecule has 0 fully saturated rings. The minimum atomic E-state index is -0.657. The van der Waals surface area contributed by atoms with Crippen molar-refractivity contribution in [3.8, 4) is 11.8 Å². The third-order valence-corrected chi connectivity index (χ3v) is 1.52. The van der Waals surface area contributed by atoms with Gasteiger partial charge in [-0.05, 0) is 12.1 Å². The Morgan fingerprint density at radius 3 is 2.67 bits per heavy atom. The van der Waals surface area contributed by atoms with Gasteiger partial charge in [0.05, 0.1) is 5.02 Å². The Balaban J connectivity index is 2.99. The maximum atomic E-state index is 10.3. The maximum Gasteiger partial charge on any atom is 0.293 e. The van der Waals surface area contributed by atoms with Crippen molar-refractivity contribution >= 4 is 17.5 Å². The van der Waals surface area contributed by atoms with E-state index in [1.54, 1.807) is 24.3 Å². The fourth-order valence-corrected chi connectivity index (χ4v) is 0.874. The molecule has 0 aliphatic heterocycles. The van der Waals surface area contributed by atoms with E-state index in [9.17, 15) is 4.79 Å². The molecule has 1 aromatic carbocycles. The first-order chi connectivity index (χ1) is 5.70. The zero-order chi connectivity index (χ0) is 8.97. The van der Waals surface area contributed by atoms with Crippen LogP contribution < -0.4 is 5.73 Å². The summed E-state index contributed by atoms with van der Waals surface area (Å²) in [6.07, 6.45) is 0. The normalized spacial score (nSPS) is 8.42. The van der Waals surface area contributed by atoms with Crippen LogP contribution in [0.3, 0.4) is 0 Å². The van der Waals surface area contributed by atoms with Gasteiger partial charge in [-0.3, -0.25) is 4.79 Å². The Morgan fingerprint density at radius 2 is 2.08 bits per heavy atom. The van der Waals surface area contributed by atoms with Crippen LogP contribution in [-0.2, 0) is 4.79 Å². The van der Waals surface area contributed by atoms with Crippen molar-refractivity contribution in [3.63, 3.8) is 0 Å². The molecule has 0 aliphatic rings. The second-order valence-corrected chi connectivity index (χ2v) is 2.50. The van der Waals surface area contributed by atoms with Gasteiger partial charge in [-0.25, -0.2) is 0 Å². The summed E-state index contributed by atoms with van der Waals surface area (Å²) in [5, 5.41) is 0.520. The standard InChI is InChI=1S/C9H6ClNO/c10-8-4-2-1-3-7(8)5-6-9(11)12/h1-4H,(H2,11,12). The number of benzene rings is 1. The van der Waals surface area contributed by atoms with Crippen molar-refractivity contribution in [3.05, 3.63) is 34.9 Å². The summed E-state index contributed by atoms with van der Waals surface area (Å²) in [5.41, 5.74) is 5.44. The summed E-state index contributed by atoms with van der Waals surface area (Å²) in [5.74, 6) is 4.11. The molecule has 0 radical (unpaired) electrons. The van der Waals surface area contributed by atoms with Crippen molar-refractivity contribution in [1.29, 1.82) is 0 Å². The Morgan fingerprint density at radius 1 is 1.42 bits per heavy atom. The molecule has 0 saturated carbocycles. The number of halogens is 1. The Bertz CT molecular complexity index is 362. The minimum absolute atomic E-state index is 0.520. The molecule has 0 unspecified atom stereocenters. The maximum absolute atomic E-state index is 10.3. The first kappa shape index (κ1) is 8.63. The van der Waals surface area contributed by atoms with Crippen LogP contribution in [0.2, 0.25) is 5.02 Å². The first-order valence-electron chi connectivity index (χ1n) is 3.26. The van der Waals surface area contributed by atoms with Gasteiger partial charge in [0.2, 0.25) is 0 Å². The molecular weight excluding hydrogens is 174 g/mol. The largest absolute Gasteiger partial charge is 0.359 e. The van der Waals surface area contributed by atoms with Crippen molar-refractivity contribution in [1.82, 2.24) is 0 Å². The molecule has 2 nitrogen and oxygen atoms in total. The van der Waals surface area contributed by atoms with Crippen molar-refractivity contribution < 1.29 is 4.79 Å². The van der Waals surface area contributed by atoms with Gasteiger partial charge in [0.1, 0.15) is 0 Å². The van der Waals surface area contributed by atoms with Crippen molar-refractivity contribution in [2.75, 3.05) is 0 Å². The molecule has 1 amide bonds. The van der Waals surface area contributed by atoms with Crippen LogP contribution in [0.25, 0.3) is 0 Å². The second kappa shape index (κ2) is 3.80. The van der Waals surface area contributed by atoms with Crippen molar-refractivity contribution in [2.24, 2.45) is 5.73 Å². The van der Waals surface area contributed by atoms with E-state index in [-0.39, 0.29) is 0 Å². The smallest absolute Gasteiger partial charge is 0.293 e. The SMILES string of the molecule is NC(=O)C#Cc1ccccc1Cl. The third kappa shape index (κ3) is 2.30. The van der Waals surface area contributed by atoms with Gasteiger partial charge in [-0.2, -0.15) is 0 Å². The fraction of sp³-hybridized carbons (Fsp3) is 0. The lowest BCUT2D eigenvalue weighted by Gasteiger charge is -1.91. The first-order valence-corrected chi connectivity index (χ1v) is 3.64. The van der Waals surface area contributed by atoms with E-state index in [4.69, 9.17) is 17.3 Å². The van der Waals surface area contributed by atoms with E-state index < -0.39 is 5.91 Å². The summed E-state index contributed by atoms with van der Waals surface area (Å²) >= 11 is 5.75. The topological polar surface area (TPSA) is 43.1 Å². The number of carbonyl (C=O) groups excluding carboxylic acids is 1. The van der Waals surface area contributed by atoms with Gasteiger partial charge < -0.3 is 5.73 Å². The predicted octanol–water partition coefficient (Wildman–Crippen LogP) is 1.18. The van der Waals surface area contributed by atoms with Crippen LogP contribution >= 0.6 is 11.6 Å². The highest BCUT2D eigenvalue weighted by atomic mass is 35.5. The number of primary amides is 1. The van der Waals surface area contributed by atoms with Gasteiger partial charge in [0.15, 0.2) is 0 Å². The van der Waals surface area contributed by atoms with E-state index in [1.165, 1.54) is 0 Å². The lowest BCUT2D eigenvalue weighted by Crippen LogP contribution is -2.06. The quantitative estimate of drug-likeness (QED) is 0.597. The fourth-order valence-electron chi connectivity index (χ4n) is 0.692. The molecule has 0 aromatic heterocycles. The monoisotopic (exact) mass is 179 g/mol. The van der Waals surface area contributed by atoms with Crippen LogP contribution in [0.1, 0.15) is 5.56 Å². The molecule has 0 aliphatic carbocycles. The zero-order valence-electron chi connectivity index (χ0n) is 6.17. The van der Waals surface area contributed by atoms with Gasteiger partial charge >= 0.3 is 0 Å². The lowest BCUT2D eigenvalue weighted by molar-refractivity contribution is -0.112. The minimum Gasteiger partial charge on any atom is -0.359 e. The van der Waals surface area contributed by atoms with Crippen LogP contribution in [0.4, 0.5) is 0 Å². The molecule has 12 heavy (non-hydrogen) atoms. The predicted molar refractivity (Wildman–Crippen MR) is 47.5 cm³/mol. The summed E-state index contributed by atoms with van der Waals surface area (Å²) in [6.45, 7) is 0. The van der Waals surface area contributed by atoms with E-state index in [2.05, 4.69) is 11.8 Å². The second-order valence-electron chi connectivity index (χ2n) is 2.09. The number of carbonyl (C=O) groups is 1. The average Bonchev–Trinajstić information content (AvgIpc) is 2.03.